The fourth-order valence-corrected chi connectivity index (χ4v) is 3.07. The molecule has 2 N–H and O–H groups in total. The monoisotopic (exact) mass is 368 g/mol. The number of carbonyl (C=O) groups is 2. The van der Waals surface area contributed by atoms with E-state index in [0.717, 1.165) is 43.6 Å². The van der Waals surface area contributed by atoms with E-state index in [1.54, 1.807) is 0 Å². The van der Waals surface area contributed by atoms with E-state index in [9.17, 15) is 9.59 Å². The molecule has 1 aromatic rings. The van der Waals surface area contributed by atoms with E-state index < -0.39 is 5.41 Å². The summed E-state index contributed by atoms with van der Waals surface area (Å²) in [6.45, 7) is 5.77. The molecule has 1 heterocycles. The van der Waals surface area contributed by atoms with E-state index in [0.29, 0.717) is 12.3 Å². The van der Waals surface area contributed by atoms with Crippen molar-refractivity contribution in [2.24, 2.45) is 5.92 Å². The van der Waals surface area contributed by atoms with Gasteiger partial charge in [0.15, 0.2) is 0 Å². The molecule has 0 unspecified atom stereocenters. The predicted molar refractivity (Wildman–Crippen MR) is 102 cm³/mol. The average molecular weight is 369 g/mol. The minimum absolute atomic E-state index is 0. The molecule has 0 aliphatic carbocycles. The number of piperidine rings is 1. The van der Waals surface area contributed by atoms with E-state index in [2.05, 4.69) is 10.6 Å². The standard InChI is InChI=1S/C19H28N2O3.ClH/c1-19(2,18(23)24-3)15-5-7-16(8-6-15)21-17(22)9-4-14-10-12-20-13-11-14;/h5-8,14,20H,4,9-13H2,1-3H3,(H,21,22);1H. The van der Waals surface area contributed by atoms with E-state index in [1.165, 1.54) is 7.11 Å². The lowest BCUT2D eigenvalue weighted by Crippen LogP contribution is -2.30. The van der Waals surface area contributed by atoms with E-state index in [4.69, 9.17) is 4.74 Å². The molecule has 0 radical (unpaired) electrons. The summed E-state index contributed by atoms with van der Waals surface area (Å²) < 4.78 is 4.84. The Morgan fingerprint density at radius 1 is 1.20 bits per heavy atom. The number of methoxy groups -OCH3 is 1. The van der Waals surface area contributed by atoms with Crippen LogP contribution < -0.4 is 10.6 Å². The molecule has 0 bridgehead atoms. The molecular formula is C19H29ClN2O3. The maximum Gasteiger partial charge on any atom is 0.315 e. The molecule has 0 atom stereocenters. The van der Waals surface area contributed by atoms with Crippen LogP contribution in [-0.2, 0) is 19.7 Å². The Morgan fingerprint density at radius 2 is 1.80 bits per heavy atom. The summed E-state index contributed by atoms with van der Waals surface area (Å²) in [5.74, 6) is 0.426. The Balaban J connectivity index is 0.00000312. The van der Waals surface area contributed by atoms with E-state index in [-0.39, 0.29) is 24.3 Å². The number of carbonyl (C=O) groups excluding carboxylic acids is 2. The van der Waals surface area contributed by atoms with Crippen LogP contribution in [0.1, 0.15) is 45.1 Å². The number of ether oxygens (including phenoxy) is 1. The molecule has 0 spiro atoms. The van der Waals surface area contributed by atoms with Gasteiger partial charge < -0.3 is 15.4 Å². The van der Waals surface area contributed by atoms with E-state index >= 15 is 0 Å². The van der Waals surface area contributed by atoms with Crippen LogP contribution in [0.2, 0.25) is 0 Å². The second-order valence-electron chi connectivity index (χ2n) is 6.97. The largest absolute Gasteiger partial charge is 0.468 e. The molecular weight excluding hydrogens is 340 g/mol. The summed E-state index contributed by atoms with van der Waals surface area (Å²) in [5, 5.41) is 6.27. The van der Waals surface area contributed by atoms with Crippen molar-refractivity contribution in [3.05, 3.63) is 29.8 Å². The smallest absolute Gasteiger partial charge is 0.315 e. The summed E-state index contributed by atoms with van der Waals surface area (Å²) in [5.41, 5.74) is 0.920. The van der Waals surface area contributed by atoms with Gasteiger partial charge in [-0.2, -0.15) is 0 Å². The fraction of sp³-hybridized carbons (Fsp3) is 0.579. The lowest BCUT2D eigenvalue weighted by Gasteiger charge is -2.22. The number of benzene rings is 1. The summed E-state index contributed by atoms with van der Waals surface area (Å²) >= 11 is 0. The van der Waals surface area contributed by atoms with Gasteiger partial charge in [0.05, 0.1) is 12.5 Å². The second-order valence-corrected chi connectivity index (χ2v) is 6.97. The third kappa shape index (κ3) is 6.01. The first kappa shape index (κ1) is 21.5. The number of rotatable bonds is 6. The predicted octanol–water partition coefficient (Wildman–Crippen LogP) is 3.28. The molecule has 1 aliphatic heterocycles. The fourth-order valence-electron chi connectivity index (χ4n) is 3.07. The van der Waals surface area contributed by atoms with Gasteiger partial charge in [0.2, 0.25) is 5.91 Å². The van der Waals surface area contributed by atoms with E-state index in [1.807, 2.05) is 38.1 Å². The van der Waals surface area contributed by atoms with Gasteiger partial charge in [0.1, 0.15) is 0 Å². The molecule has 0 aromatic heterocycles. The normalized spacial score (nSPS) is 15.2. The minimum atomic E-state index is -0.702. The summed E-state index contributed by atoms with van der Waals surface area (Å²) in [6.07, 6.45) is 3.82. The zero-order valence-electron chi connectivity index (χ0n) is 15.3. The highest BCUT2D eigenvalue weighted by Gasteiger charge is 2.30. The van der Waals surface area contributed by atoms with Crippen LogP contribution in [0.25, 0.3) is 0 Å². The molecule has 1 aliphatic rings. The molecule has 1 aromatic carbocycles. The molecule has 25 heavy (non-hydrogen) atoms. The third-order valence-corrected chi connectivity index (χ3v) is 4.82. The van der Waals surface area contributed by atoms with Crippen LogP contribution in [0.5, 0.6) is 0 Å². The number of amides is 1. The lowest BCUT2D eigenvalue weighted by atomic mass is 9.85. The Hall–Kier alpha value is -1.59. The number of halogens is 1. The molecule has 0 saturated carbocycles. The van der Waals surface area contributed by atoms with Gasteiger partial charge in [-0.15, -0.1) is 12.4 Å². The Bertz CT molecular complexity index is 567. The number of hydrogen-bond acceptors (Lipinski definition) is 4. The summed E-state index contributed by atoms with van der Waals surface area (Å²) in [4.78, 5) is 23.9. The topological polar surface area (TPSA) is 67.4 Å². The minimum Gasteiger partial charge on any atom is -0.468 e. The van der Waals surface area contributed by atoms with Gasteiger partial charge in [-0.25, -0.2) is 0 Å². The number of hydrogen-bond donors (Lipinski definition) is 2. The lowest BCUT2D eigenvalue weighted by molar-refractivity contribution is -0.146. The van der Waals surface area contributed by atoms with Gasteiger partial charge in [-0.05, 0) is 69.8 Å². The van der Waals surface area contributed by atoms with Crippen LogP contribution in [-0.4, -0.2) is 32.1 Å². The van der Waals surface area contributed by atoms with Crippen molar-refractivity contribution >= 4 is 30.0 Å². The highest BCUT2D eigenvalue weighted by molar-refractivity contribution is 5.91. The van der Waals surface area contributed by atoms with Crippen LogP contribution in [0.3, 0.4) is 0 Å². The van der Waals surface area contributed by atoms with Gasteiger partial charge in [-0.3, -0.25) is 9.59 Å². The van der Waals surface area contributed by atoms with Crippen molar-refractivity contribution in [2.45, 2.75) is 44.9 Å². The maximum absolute atomic E-state index is 12.1. The number of esters is 1. The first-order valence-electron chi connectivity index (χ1n) is 8.63. The van der Waals surface area contributed by atoms with Gasteiger partial charge in [0, 0.05) is 12.1 Å². The number of anilines is 1. The highest BCUT2D eigenvalue weighted by Crippen LogP contribution is 2.26. The van der Waals surface area contributed by atoms with Crippen molar-refractivity contribution < 1.29 is 14.3 Å². The highest BCUT2D eigenvalue weighted by atomic mass is 35.5. The molecule has 1 fully saturated rings. The van der Waals surface area contributed by atoms with Crippen molar-refractivity contribution in [3.8, 4) is 0 Å². The summed E-state index contributed by atoms with van der Waals surface area (Å²) in [6, 6.07) is 7.39. The quantitative estimate of drug-likeness (QED) is 0.756. The third-order valence-electron chi connectivity index (χ3n) is 4.82. The second kappa shape index (κ2) is 9.78. The average Bonchev–Trinajstić information content (AvgIpc) is 2.60. The van der Waals surface area contributed by atoms with Crippen LogP contribution in [0.4, 0.5) is 5.69 Å². The van der Waals surface area contributed by atoms with Crippen molar-refractivity contribution in [2.75, 3.05) is 25.5 Å². The van der Waals surface area contributed by atoms with Crippen LogP contribution >= 0.6 is 12.4 Å². The molecule has 1 amide bonds. The van der Waals surface area contributed by atoms with Crippen molar-refractivity contribution in [1.29, 1.82) is 0 Å². The summed E-state index contributed by atoms with van der Waals surface area (Å²) in [7, 11) is 1.39. The van der Waals surface area contributed by atoms with Crippen LogP contribution in [0, 0.1) is 5.92 Å². The number of nitrogens with one attached hydrogen (secondary N) is 2. The first-order valence-corrected chi connectivity index (χ1v) is 8.63. The zero-order chi connectivity index (χ0) is 17.6. The van der Waals surface area contributed by atoms with Gasteiger partial charge in [-0.1, -0.05) is 12.1 Å². The molecule has 1 saturated heterocycles. The van der Waals surface area contributed by atoms with Gasteiger partial charge in [0.25, 0.3) is 0 Å². The Labute approximate surface area is 156 Å². The Morgan fingerprint density at radius 3 is 2.36 bits per heavy atom. The van der Waals surface area contributed by atoms with Crippen molar-refractivity contribution in [1.82, 2.24) is 5.32 Å². The maximum atomic E-state index is 12.1. The molecule has 6 heteroatoms. The van der Waals surface area contributed by atoms with Crippen molar-refractivity contribution in [3.63, 3.8) is 0 Å². The molecule has 140 valence electrons. The molecule has 5 nitrogen and oxygen atoms in total. The van der Waals surface area contributed by atoms with Crippen LogP contribution in [0.15, 0.2) is 24.3 Å². The van der Waals surface area contributed by atoms with Gasteiger partial charge >= 0.3 is 5.97 Å². The molecule has 2 rings (SSSR count). The SMILES string of the molecule is COC(=O)C(C)(C)c1ccc(NC(=O)CCC2CCNCC2)cc1.Cl. The Kier molecular flexibility index (Phi) is 8.39. The zero-order valence-corrected chi connectivity index (χ0v) is 16.1. The first-order chi connectivity index (χ1) is 11.4.